The van der Waals surface area contributed by atoms with Gasteiger partial charge in [-0.1, -0.05) is 206 Å². The number of anilines is 6. The minimum absolute atomic E-state index is 0.115. The summed E-state index contributed by atoms with van der Waals surface area (Å²) in [7, 11) is 0. The largest absolute Gasteiger partial charge is 0.310 e. The van der Waals surface area contributed by atoms with Gasteiger partial charge in [0.1, 0.15) is 0 Å². The zero-order valence-electron chi connectivity index (χ0n) is 46.5. The predicted octanol–water partition coefficient (Wildman–Crippen LogP) is 20.1. The molecule has 0 atom stereocenters. The quantitative estimate of drug-likeness (QED) is 0.135. The fourth-order valence-electron chi connectivity index (χ4n) is 12.4. The van der Waals surface area contributed by atoms with Crippen molar-refractivity contribution in [2.75, 3.05) is 9.80 Å². The van der Waals surface area contributed by atoms with E-state index < -0.39 is 5.41 Å². The van der Waals surface area contributed by atoms with Gasteiger partial charge in [0.05, 0.1) is 21.9 Å². The molecule has 1 heterocycles. The number of rotatable bonds is 10. The van der Waals surface area contributed by atoms with E-state index in [1.54, 1.807) is 0 Å². The van der Waals surface area contributed by atoms with Gasteiger partial charge >= 0.3 is 0 Å². The van der Waals surface area contributed by atoms with Crippen LogP contribution in [0, 0.1) is 0 Å². The van der Waals surface area contributed by atoms with Crippen molar-refractivity contribution in [2.45, 2.75) is 5.41 Å². The molecule has 1 aliphatic rings. The van der Waals surface area contributed by atoms with E-state index in [1.807, 2.05) is 65.6 Å². The van der Waals surface area contributed by atoms with E-state index in [0.717, 1.165) is 99.9 Å². The van der Waals surface area contributed by atoms with E-state index >= 15 is 0 Å². The molecule has 0 amide bonds. The lowest BCUT2D eigenvalue weighted by molar-refractivity contribution is 0.768. The molecule has 1 aliphatic carbocycles. The molecule has 0 aliphatic heterocycles. The smallest absolute Gasteiger partial charge is 0.0714 e. The number of hydrogen-bond acceptors (Lipinski definition) is 2. The topological polar surface area (TPSA) is 11.4 Å². The maximum Gasteiger partial charge on any atom is 0.0714 e. The van der Waals surface area contributed by atoms with Crippen LogP contribution in [0.4, 0.5) is 34.1 Å². The van der Waals surface area contributed by atoms with E-state index in [0.29, 0.717) is 5.56 Å². The van der Waals surface area contributed by atoms with Gasteiger partial charge in [-0.2, -0.15) is 0 Å². The molecule has 1 aromatic heterocycles. The predicted molar refractivity (Wildman–Crippen MR) is 328 cm³/mol. The van der Waals surface area contributed by atoms with E-state index in [4.69, 9.17) is 0 Å². The summed E-state index contributed by atoms with van der Waals surface area (Å²) < 4.78 is 41.8. The maximum atomic E-state index is 9.91. The Morgan fingerprint density at radius 3 is 1.54 bits per heavy atom. The van der Waals surface area contributed by atoms with Gasteiger partial charge in [0.25, 0.3) is 0 Å². The highest BCUT2D eigenvalue weighted by Crippen LogP contribution is 2.57. The molecular weight excluding hydrogens is 943 g/mol. The molecule has 0 N–H and O–H groups in total. The Kier molecular flexibility index (Phi) is 9.77. The summed E-state index contributed by atoms with van der Waals surface area (Å²) in [5.41, 5.74) is 14.9. The van der Waals surface area contributed by atoms with Crippen LogP contribution in [0.3, 0.4) is 0 Å². The number of para-hydroxylation sites is 3. The van der Waals surface area contributed by atoms with Crippen LogP contribution in [0.2, 0.25) is 0 Å². The van der Waals surface area contributed by atoms with E-state index in [-0.39, 0.29) is 35.4 Å². The molecular formula is C75H51N3. The van der Waals surface area contributed by atoms with Gasteiger partial charge in [-0.3, -0.25) is 0 Å². The number of aromatic nitrogens is 1. The fourth-order valence-corrected chi connectivity index (χ4v) is 12.4. The number of benzene rings is 13. The molecule has 0 saturated heterocycles. The highest BCUT2D eigenvalue weighted by atomic mass is 15.1. The average Bonchev–Trinajstić information content (AvgIpc) is 4.13. The Hall–Kier alpha value is -10.2. The highest BCUT2D eigenvalue weighted by molar-refractivity contribution is 6.11. The summed E-state index contributed by atoms with van der Waals surface area (Å²) in [5, 5.41) is 6.51. The molecule has 0 bridgehead atoms. The standard InChI is InChI=1S/C75H51N3/c1-5-21-58(22-6-1)75(59-23-7-2-8-24-59)71-31-17-15-29-67(71)68-45-43-66(51-72(68)75)76(60-25-9-3-10-26-60)62-39-35-53(36-40-62)55-33-34-57-49-64(42-38-56(57)47-55)77(63-41-37-52-19-13-14-20-54(52)48-63)65-44-46-74-70(50-65)69-30-16-18-32-73(69)78(74)61-27-11-4-12-28-61/h1-51H/i35D,36D,39D,40D. The summed E-state index contributed by atoms with van der Waals surface area (Å²) in [6.45, 7) is 0. The van der Waals surface area contributed by atoms with Gasteiger partial charge in [0.15, 0.2) is 0 Å². The lowest BCUT2D eigenvalue weighted by Gasteiger charge is -2.35. The minimum atomic E-state index is -0.684. The van der Waals surface area contributed by atoms with Crippen molar-refractivity contribution in [3.05, 3.63) is 332 Å². The number of fused-ring (bicyclic) bond motifs is 8. The molecule has 366 valence electrons. The Morgan fingerprint density at radius 2 is 0.795 bits per heavy atom. The Morgan fingerprint density at radius 1 is 0.295 bits per heavy atom. The Balaban J connectivity index is 0.849. The zero-order valence-corrected chi connectivity index (χ0v) is 42.5. The van der Waals surface area contributed by atoms with Crippen LogP contribution >= 0.6 is 0 Å². The lowest BCUT2D eigenvalue weighted by atomic mass is 9.67. The number of hydrogen-bond donors (Lipinski definition) is 0. The lowest BCUT2D eigenvalue weighted by Crippen LogP contribution is -2.28. The molecule has 78 heavy (non-hydrogen) atoms. The van der Waals surface area contributed by atoms with Crippen molar-refractivity contribution in [3.63, 3.8) is 0 Å². The number of nitrogens with zero attached hydrogens (tertiary/aromatic N) is 3. The van der Waals surface area contributed by atoms with Gasteiger partial charge in [-0.05, 0) is 169 Å². The third-order valence-corrected chi connectivity index (χ3v) is 15.8. The van der Waals surface area contributed by atoms with Crippen LogP contribution < -0.4 is 9.80 Å². The van der Waals surface area contributed by atoms with Gasteiger partial charge in [0.2, 0.25) is 0 Å². The summed E-state index contributed by atoms with van der Waals surface area (Å²) in [6.07, 6.45) is 0. The fraction of sp³-hybridized carbons (Fsp3) is 0.0133. The Bertz CT molecular complexity index is 4740. The van der Waals surface area contributed by atoms with Crippen LogP contribution in [-0.2, 0) is 5.41 Å². The van der Waals surface area contributed by atoms with Crippen molar-refractivity contribution in [3.8, 4) is 27.9 Å². The molecule has 0 fully saturated rings. The second-order valence-corrected chi connectivity index (χ2v) is 20.2. The van der Waals surface area contributed by atoms with Crippen LogP contribution in [-0.4, -0.2) is 4.57 Å². The average molecular weight is 998 g/mol. The molecule has 3 heteroatoms. The van der Waals surface area contributed by atoms with Gasteiger partial charge in [0, 0.05) is 50.6 Å². The summed E-state index contributed by atoms with van der Waals surface area (Å²) in [5.74, 6) is 0. The molecule has 14 aromatic rings. The van der Waals surface area contributed by atoms with Crippen LogP contribution in [0.5, 0.6) is 0 Å². The van der Waals surface area contributed by atoms with Crippen molar-refractivity contribution in [2.24, 2.45) is 0 Å². The van der Waals surface area contributed by atoms with E-state index in [2.05, 4.69) is 234 Å². The SMILES string of the molecule is [2H]c1c([2H])c(N(c2ccccc2)c2ccc3c(c2)C(c2ccccc2)(c2ccccc2)c2ccccc2-3)c([2H])c([2H])c1-c1ccc2cc(N(c3ccc4ccccc4c3)c3ccc4c(c3)c3ccccc3n4-c3ccccc3)ccc2c1. The first-order chi connectivity index (χ1) is 40.3. The minimum Gasteiger partial charge on any atom is -0.310 e. The highest BCUT2D eigenvalue weighted by Gasteiger charge is 2.46. The molecule has 0 unspecified atom stereocenters. The third kappa shape index (κ3) is 7.35. The molecule has 0 spiro atoms. The first kappa shape index (κ1) is 41.1. The summed E-state index contributed by atoms with van der Waals surface area (Å²) >= 11 is 0. The summed E-state index contributed by atoms with van der Waals surface area (Å²) in [4.78, 5) is 4.22. The van der Waals surface area contributed by atoms with Crippen molar-refractivity contribution in [1.29, 1.82) is 0 Å². The Labute approximate surface area is 460 Å². The van der Waals surface area contributed by atoms with Crippen molar-refractivity contribution >= 4 is 77.5 Å². The second kappa shape index (κ2) is 18.6. The van der Waals surface area contributed by atoms with Crippen molar-refractivity contribution < 1.29 is 5.48 Å². The van der Waals surface area contributed by atoms with E-state index in [9.17, 15) is 5.48 Å². The van der Waals surface area contributed by atoms with E-state index in [1.165, 1.54) is 10.9 Å². The molecule has 0 radical (unpaired) electrons. The monoisotopic (exact) mass is 997 g/mol. The normalized spacial score (nSPS) is 13.2. The third-order valence-electron chi connectivity index (χ3n) is 15.8. The first-order valence-electron chi connectivity index (χ1n) is 28.6. The van der Waals surface area contributed by atoms with Crippen LogP contribution in [0.15, 0.2) is 309 Å². The molecule has 13 aromatic carbocycles. The summed E-state index contributed by atoms with van der Waals surface area (Å²) in [6, 6.07) is 98.9. The van der Waals surface area contributed by atoms with Gasteiger partial charge in [-0.25, -0.2) is 0 Å². The van der Waals surface area contributed by atoms with Crippen LogP contribution in [0.25, 0.3) is 71.3 Å². The van der Waals surface area contributed by atoms with Gasteiger partial charge < -0.3 is 14.4 Å². The maximum absolute atomic E-state index is 9.91. The molecule has 3 nitrogen and oxygen atoms in total. The van der Waals surface area contributed by atoms with Crippen LogP contribution in [0.1, 0.15) is 27.7 Å². The van der Waals surface area contributed by atoms with Gasteiger partial charge in [-0.15, -0.1) is 0 Å². The molecule has 0 saturated carbocycles. The molecule has 15 rings (SSSR count). The zero-order chi connectivity index (χ0) is 55.1. The first-order valence-corrected chi connectivity index (χ1v) is 26.6. The second-order valence-electron chi connectivity index (χ2n) is 20.2. The van der Waals surface area contributed by atoms with Crippen molar-refractivity contribution in [1.82, 2.24) is 4.57 Å².